The van der Waals surface area contributed by atoms with E-state index in [1.54, 1.807) is 20.3 Å². The summed E-state index contributed by atoms with van der Waals surface area (Å²) in [7, 11) is 3.30. The molecule has 0 amide bonds. The smallest absolute Gasteiger partial charge is 0.191 e. The third kappa shape index (κ3) is 6.81. The van der Waals surface area contributed by atoms with Gasteiger partial charge in [-0.3, -0.25) is 4.99 Å². The van der Waals surface area contributed by atoms with Crippen LogP contribution >= 0.6 is 24.0 Å². The number of nitrogens with zero attached hydrogens (tertiary/aromatic N) is 2. The molecule has 31 heavy (non-hydrogen) atoms. The standard InChI is InChI=1S/C23H32N4O3.HI/c1-4-24-23(25-13-11-17-9-10-19(29-2)15-21(17)28)26-18-12-14-27(16-18)20-7-5-6-8-22(20)30-3;/h5-10,15,18,28H,4,11-14,16H2,1-3H3,(H2,24,25,26);1H. The van der Waals surface area contributed by atoms with Gasteiger partial charge in [0.2, 0.25) is 0 Å². The highest BCUT2D eigenvalue weighted by atomic mass is 127. The van der Waals surface area contributed by atoms with E-state index in [0.717, 1.165) is 49.0 Å². The van der Waals surface area contributed by atoms with Gasteiger partial charge in [0.1, 0.15) is 17.2 Å². The number of anilines is 1. The number of hydrogen-bond donors (Lipinski definition) is 3. The highest BCUT2D eigenvalue weighted by Crippen LogP contribution is 2.30. The van der Waals surface area contributed by atoms with Crippen LogP contribution in [0.5, 0.6) is 17.2 Å². The lowest BCUT2D eigenvalue weighted by atomic mass is 10.1. The van der Waals surface area contributed by atoms with E-state index in [-0.39, 0.29) is 29.7 Å². The number of para-hydroxylation sites is 2. The lowest BCUT2D eigenvalue weighted by Crippen LogP contribution is -2.44. The van der Waals surface area contributed by atoms with E-state index in [1.165, 1.54) is 0 Å². The van der Waals surface area contributed by atoms with Crippen molar-refractivity contribution < 1.29 is 14.6 Å². The van der Waals surface area contributed by atoms with Crippen LogP contribution in [0.3, 0.4) is 0 Å². The maximum atomic E-state index is 10.1. The molecule has 3 N–H and O–H groups in total. The lowest BCUT2D eigenvalue weighted by molar-refractivity contribution is 0.406. The number of phenolic OH excluding ortho intramolecular Hbond substituents is 1. The van der Waals surface area contributed by atoms with Gasteiger partial charge in [-0.1, -0.05) is 18.2 Å². The molecule has 1 atom stereocenters. The average molecular weight is 540 g/mol. The zero-order valence-corrected chi connectivity index (χ0v) is 20.8. The minimum absolute atomic E-state index is 0. The maximum absolute atomic E-state index is 10.1. The number of aromatic hydroxyl groups is 1. The molecule has 0 bridgehead atoms. The second kappa shape index (κ2) is 12.5. The second-order valence-corrected chi connectivity index (χ2v) is 7.25. The fraction of sp³-hybridized carbons (Fsp3) is 0.435. The Bertz CT molecular complexity index is 862. The van der Waals surface area contributed by atoms with Crippen molar-refractivity contribution >= 4 is 35.6 Å². The molecule has 0 spiro atoms. The summed E-state index contributed by atoms with van der Waals surface area (Å²) in [5.74, 6) is 2.59. The van der Waals surface area contributed by atoms with Gasteiger partial charge in [-0.15, -0.1) is 24.0 Å². The molecular formula is C23H33IN4O3. The van der Waals surface area contributed by atoms with Crippen molar-refractivity contribution in [1.29, 1.82) is 0 Å². The first-order valence-electron chi connectivity index (χ1n) is 10.4. The normalized spacial score (nSPS) is 15.9. The van der Waals surface area contributed by atoms with Crippen molar-refractivity contribution in [3.05, 3.63) is 48.0 Å². The van der Waals surface area contributed by atoms with Gasteiger partial charge in [0.25, 0.3) is 0 Å². The molecule has 1 aliphatic rings. The van der Waals surface area contributed by atoms with Gasteiger partial charge in [-0.05, 0) is 43.5 Å². The summed E-state index contributed by atoms with van der Waals surface area (Å²) in [6.45, 7) is 5.30. The van der Waals surface area contributed by atoms with Crippen LogP contribution in [0.4, 0.5) is 5.69 Å². The van der Waals surface area contributed by atoms with Crippen LogP contribution in [0, 0.1) is 0 Å². The summed E-state index contributed by atoms with van der Waals surface area (Å²) >= 11 is 0. The molecule has 3 rings (SSSR count). The zero-order chi connectivity index (χ0) is 21.3. The Balaban J connectivity index is 0.00000341. The van der Waals surface area contributed by atoms with E-state index in [1.807, 2.05) is 30.3 Å². The molecule has 0 aromatic heterocycles. The number of phenols is 1. The van der Waals surface area contributed by atoms with Crippen molar-refractivity contribution in [3.63, 3.8) is 0 Å². The molecule has 0 aliphatic carbocycles. The number of ether oxygens (including phenoxy) is 2. The minimum atomic E-state index is 0. The van der Waals surface area contributed by atoms with E-state index >= 15 is 0 Å². The molecule has 0 radical (unpaired) electrons. The monoisotopic (exact) mass is 540 g/mol. The van der Waals surface area contributed by atoms with Crippen LogP contribution in [0.15, 0.2) is 47.5 Å². The Labute approximate surface area is 201 Å². The Kier molecular flexibility index (Phi) is 10.0. The lowest BCUT2D eigenvalue weighted by Gasteiger charge is -2.22. The van der Waals surface area contributed by atoms with Gasteiger partial charge in [0.05, 0.1) is 19.9 Å². The quantitative estimate of drug-likeness (QED) is 0.271. The third-order valence-corrected chi connectivity index (χ3v) is 5.24. The van der Waals surface area contributed by atoms with Gasteiger partial charge >= 0.3 is 0 Å². The molecule has 1 saturated heterocycles. The molecule has 170 valence electrons. The van der Waals surface area contributed by atoms with Crippen molar-refractivity contribution in [2.45, 2.75) is 25.8 Å². The Morgan fingerprint density at radius 1 is 1.19 bits per heavy atom. The minimum Gasteiger partial charge on any atom is -0.508 e. The molecular weight excluding hydrogens is 507 g/mol. The molecule has 2 aromatic rings. The second-order valence-electron chi connectivity index (χ2n) is 7.25. The largest absolute Gasteiger partial charge is 0.508 e. The zero-order valence-electron chi connectivity index (χ0n) is 18.4. The van der Waals surface area contributed by atoms with E-state index in [9.17, 15) is 5.11 Å². The van der Waals surface area contributed by atoms with Gasteiger partial charge in [-0.2, -0.15) is 0 Å². The molecule has 2 aromatic carbocycles. The molecule has 0 saturated carbocycles. The molecule has 1 fully saturated rings. The van der Waals surface area contributed by atoms with Crippen molar-refractivity contribution in [1.82, 2.24) is 10.6 Å². The number of aliphatic imine (C=N–C) groups is 1. The van der Waals surface area contributed by atoms with Crippen LogP contribution in [0.2, 0.25) is 0 Å². The predicted octanol–water partition coefficient (Wildman–Crippen LogP) is 3.40. The first-order valence-corrected chi connectivity index (χ1v) is 10.4. The van der Waals surface area contributed by atoms with Gasteiger partial charge in [0.15, 0.2) is 5.96 Å². The Morgan fingerprint density at radius 2 is 2.00 bits per heavy atom. The summed E-state index contributed by atoms with van der Waals surface area (Å²) in [6.07, 6.45) is 1.69. The third-order valence-electron chi connectivity index (χ3n) is 5.24. The highest BCUT2D eigenvalue weighted by molar-refractivity contribution is 14.0. The van der Waals surface area contributed by atoms with Crippen molar-refractivity contribution in [2.24, 2.45) is 4.99 Å². The number of nitrogens with one attached hydrogen (secondary N) is 2. The average Bonchev–Trinajstić information content (AvgIpc) is 3.23. The number of rotatable bonds is 8. The number of halogens is 1. The van der Waals surface area contributed by atoms with Crippen LogP contribution in [-0.4, -0.2) is 57.5 Å². The highest BCUT2D eigenvalue weighted by Gasteiger charge is 2.25. The van der Waals surface area contributed by atoms with Gasteiger partial charge in [0, 0.05) is 38.3 Å². The van der Waals surface area contributed by atoms with Crippen LogP contribution in [0.1, 0.15) is 18.9 Å². The fourth-order valence-corrected chi connectivity index (χ4v) is 3.67. The topological polar surface area (TPSA) is 78.4 Å². The molecule has 1 unspecified atom stereocenters. The molecule has 7 nitrogen and oxygen atoms in total. The summed E-state index contributed by atoms with van der Waals surface area (Å²) in [6, 6.07) is 13.8. The fourth-order valence-electron chi connectivity index (χ4n) is 3.67. The maximum Gasteiger partial charge on any atom is 0.191 e. The van der Waals surface area contributed by atoms with E-state index in [2.05, 4.69) is 28.5 Å². The molecule has 1 heterocycles. The number of hydrogen-bond acceptors (Lipinski definition) is 5. The first-order chi connectivity index (χ1) is 14.6. The summed E-state index contributed by atoms with van der Waals surface area (Å²) in [5, 5.41) is 17.0. The number of guanidine groups is 1. The Morgan fingerprint density at radius 3 is 2.71 bits per heavy atom. The number of methoxy groups -OCH3 is 2. The van der Waals surface area contributed by atoms with Crippen LogP contribution in [-0.2, 0) is 6.42 Å². The van der Waals surface area contributed by atoms with E-state index in [0.29, 0.717) is 24.8 Å². The predicted molar refractivity (Wildman–Crippen MR) is 137 cm³/mol. The van der Waals surface area contributed by atoms with E-state index in [4.69, 9.17) is 14.5 Å². The van der Waals surface area contributed by atoms with Gasteiger partial charge in [-0.25, -0.2) is 0 Å². The Hall–Kier alpha value is -2.36. The SMILES string of the molecule is CCNC(=NCCc1ccc(OC)cc1O)NC1CCN(c2ccccc2OC)C1.I. The van der Waals surface area contributed by atoms with Crippen molar-refractivity contribution in [3.8, 4) is 17.2 Å². The summed E-state index contributed by atoms with van der Waals surface area (Å²) < 4.78 is 10.6. The van der Waals surface area contributed by atoms with Crippen LogP contribution < -0.4 is 25.0 Å². The molecule has 8 heteroatoms. The van der Waals surface area contributed by atoms with Gasteiger partial charge < -0.3 is 30.1 Å². The number of benzene rings is 2. The van der Waals surface area contributed by atoms with Crippen LogP contribution in [0.25, 0.3) is 0 Å². The summed E-state index contributed by atoms with van der Waals surface area (Å²) in [4.78, 5) is 7.04. The first kappa shape index (κ1) is 24.9. The summed E-state index contributed by atoms with van der Waals surface area (Å²) in [5.41, 5.74) is 1.99. The molecule has 1 aliphatic heterocycles. The van der Waals surface area contributed by atoms with Crippen molar-refractivity contribution in [2.75, 3.05) is 45.3 Å². The van der Waals surface area contributed by atoms with E-state index < -0.39 is 0 Å².